The second-order valence-electron chi connectivity index (χ2n) is 4.95. The maximum Gasteiger partial charge on any atom is 0.243 e. The fourth-order valence-electron chi connectivity index (χ4n) is 1.44. The van der Waals surface area contributed by atoms with Crippen LogP contribution in [0.4, 0.5) is 0 Å². The van der Waals surface area contributed by atoms with Crippen LogP contribution in [-0.2, 0) is 11.8 Å². The summed E-state index contributed by atoms with van der Waals surface area (Å²) >= 11 is 6.12. The molecule has 1 amide bonds. The number of alkyl halides is 1. The molecule has 1 rings (SSSR count). The van der Waals surface area contributed by atoms with Gasteiger partial charge in [-0.2, -0.15) is 5.10 Å². The van der Waals surface area contributed by atoms with Crippen LogP contribution in [-0.4, -0.2) is 21.2 Å². The fourth-order valence-corrected chi connectivity index (χ4v) is 1.71. The van der Waals surface area contributed by atoms with Gasteiger partial charge < -0.3 is 5.32 Å². The summed E-state index contributed by atoms with van der Waals surface area (Å²) in [6, 6.07) is 0. The summed E-state index contributed by atoms with van der Waals surface area (Å²) in [7, 11) is 1.81. The molecule has 1 N–H and O–H groups in total. The average molecular weight is 244 g/mol. The summed E-state index contributed by atoms with van der Waals surface area (Å²) in [5.74, 6) is -0.190. The minimum absolute atomic E-state index is 0.190. The molecule has 0 aliphatic carbocycles. The van der Waals surface area contributed by atoms with Gasteiger partial charge >= 0.3 is 0 Å². The van der Waals surface area contributed by atoms with E-state index in [4.69, 9.17) is 11.6 Å². The molecular formula is C11H18ClN3O. The molecule has 0 bridgehead atoms. The number of hydrogen-bond donors (Lipinski definition) is 1. The number of aromatic nitrogens is 2. The highest BCUT2D eigenvalue weighted by atomic mass is 35.5. The van der Waals surface area contributed by atoms with E-state index >= 15 is 0 Å². The summed E-state index contributed by atoms with van der Waals surface area (Å²) in [4.78, 5) is 11.8. The van der Waals surface area contributed by atoms with Gasteiger partial charge in [0.1, 0.15) is 5.38 Å². The molecule has 1 unspecified atom stereocenters. The van der Waals surface area contributed by atoms with Gasteiger partial charge in [0.2, 0.25) is 5.91 Å². The Bertz CT molecular complexity index is 392. The molecule has 0 radical (unpaired) electrons. The van der Waals surface area contributed by atoms with Gasteiger partial charge in [-0.05, 0) is 27.7 Å². The van der Waals surface area contributed by atoms with Crippen LogP contribution in [0.15, 0.2) is 6.20 Å². The van der Waals surface area contributed by atoms with E-state index in [1.807, 2.05) is 34.7 Å². The summed E-state index contributed by atoms with van der Waals surface area (Å²) in [5, 5.41) is 6.32. The zero-order chi connectivity index (χ0) is 12.5. The van der Waals surface area contributed by atoms with E-state index in [-0.39, 0.29) is 11.4 Å². The highest BCUT2D eigenvalue weighted by molar-refractivity contribution is 6.30. The highest BCUT2D eigenvalue weighted by Crippen LogP contribution is 2.23. The summed E-state index contributed by atoms with van der Waals surface area (Å²) in [6.45, 7) is 7.61. The summed E-state index contributed by atoms with van der Waals surface area (Å²) < 4.78 is 1.66. The number of carbonyl (C=O) groups is 1. The van der Waals surface area contributed by atoms with Crippen molar-refractivity contribution in [1.82, 2.24) is 15.1 Å². The van der Waals surface area contributed by atoms with E-state index in [0.29, 0.717) is 0 Å². The van der Waals surface area contributed by atoms with E-state index in [1.54, 1.807) is 10.9 Å². The van der Waals surface area contributed by atoms with Crippen LogP contribution in [0.5, 0.6) is 0 Å². The lowest BCUT2D eigenvalue weighted by atomic mass is 10.1. The predicted molar refractivity (Wildman–Crippen MR) is 64.4 cm³/mol. The Kier molecular flexibility index (Phi) is 3.63. The Morgan fingerprint density at radius 2 is 2.12 bits per heavy atom. The van der Waals surface area contributed by atoms with E-state index in [2.05, 4.69) is 10.4 Å². The van der Waals surface area contributed by atoms with Gasteiger partial charge in [-0.15, -0.1) is 11.6 Å². The molecule has 1 aromatic heterocycles. The number of nitrogens with one attached hydrogen (secondary N) is 1. The van der Waals surface area contributed by atoms with Crippen molar-refractivity contribution in [2.75, 3.05) is 0 Å². The lowest BCUT2D eigenvalue weighted by molar-refractivity contribution is -0.122. The van der Waals surface area contributed by atoms with Gasteiger partial charge in [0.25, 0.3) is 0 Å². The molecule has 90 valence electrons. The Morgan fingerprint density at radius 1 is 1.56 bits per heavy atom. The standard InChI is InChI=1S/C11H18ClN3O/c1-7-8(6-15(5)14-7)9(12)10(16)13-11(2,3)4/h6,9H,1-5H3,(H,13,16). The molecule has 5 heteroatoms. The number of hydrogen-bond acceptors (Lipinski definition) is 2. The van der Waals surface area contributed by atoms with Crippen molar-refractivity contribution >= 4 is 17.5 Å². The lowest BCUT2D eigenvalue weighted by Gasteiger charge is -2.22. The maximum atomic E-state index is 11.8. The smallest absolute Gasteiger partial charge is 0.243 e. The number of aryl methyl sites for hydroxylation is 2. The number of amides is 1. The number of carbonyl (C=O) groups excluding carboxylic acids is 1. The van der Waals surface area contributed by atoms with Crippen molar-refractivity contribution in [1.29, 1.82) is 0 Å². The Balaban J connectivity index is 2.82. The molecule has 4 nitrogen and oxygen atoms in total. The number of nitrogens with zero attached hydrogens (tertiary/aromatic N) is 2. The third-order valence-electron chi connectivity index (χ3n) is 2.05. The molecule has 0 spiro atoms. The van der Waals surface area contributed by atoms with E-state index in [0.717, 1.165) is 11.3 Å². The molecule has 0 saturated carbocycles. The summed E-state index contributed by atoms with van der Waals surface area (Å²) in [5.41, 5.74) is 1.26. The van der Waals surface area contributed by atoms with Gasteiger partial charge in [-0.25, -0.2) is 0 Å². The van der Waals surface area contributed by atoms with Crippen molar-refractivity contribution < 1.29 is 4.79 Å². The monoisotopic (exact) mass is 243 g/mol. The first-order valence-electron chi connectivity index (χ1n) is 5.17. The second-order valence-corrected chi connectivity index (χ2v) is 5.38. The third-order valence-corrected chi connectivity index (χ3v) is 2.49. The van der Waals surface area contributed by atoms with Crippen molar-refractivity contribution in [3.05, 3.63) is 17.5 Å². The first-order chi connectivity index (χ1) is 7.20. The molecule has 0 fully saturated rings. The molecule has 1 heterocycles. The van der Waals surface area contributed by atoms with E-state index in [9.17, 15) is 4.79 Å². The zero-order valence-corrected chi connectivity index (χ0v) is 11.1. The molecule has 0 aromatic carbocycles. The minimum atomic E-state index is -0.687. The van der Waals surface area contributed by atoms with Crippen LogP contribution < -0.4 is 5.32 Å². The molecule has 1 aromatic rings. The minimum Gasteiger partial charge on any atom is -0.350 e. The van der Waals surface area contributed by atoms with Gasteiger partial charge in [0.15, 0.2) is 0 Å². The molecule has 16 heavy (non-hydrogen) atoms. The van der Waals surface area contributed by atoms with Gasteiger partial charge in [0, 0.05) is 24.3 Å². The van der Waals surface area contributed by atoms with Crippen LogP contribution in [0.25, 0.3) is 0 Å². The summed E-state index contributed by atoms with van der Waals surface area (Å²) in [6.07, 6.45) is 1.77. The Labute approximate surface area is 101 Å². The lowest BCUT2D eigenvalue weighted by Crippen LogP contribution is -2.42. The largest absolute Gasteiger partial charge is 0.350 e. The third kappa shape index (κ3) is 3.23. The topological polar surface area (TPSA) is 46.9 Å². The molecule has 0 aliphatic heterocycles. The van der Waals surface area contributed by atoms with Crippen molar-refractivity contribution in [2.24, 2.45) is 7.05 Å². The van der Waals surface area contributed by atoms with Crippen molar-refractivity contribution in [3.63, 3.8) is 0 Å². The van der Waals surface area contributed by atoms with Crippen LogP contribution in [0.2, 0.25) is 0 Å². The Hall–Kier alpha value is -1.03. The van der Waals surface area contributed by atoms with Crippen LogP contribution in [0, 0.1) is 6.92 Å². The number of halogens is 1. The van der Waals surface area contributed by atoms with Gasteiger partial charge in [-0.3, -0.25) is 9.48 Å². The maximum absolute atomic E-state index is 11.8. The second kappa shape index (κ2) is 4.45. The molecule has 0 aliphatic rings. The fraction of sp³-hybridized carbons (Fsp3) is 0.636. The van der Waals surface area contributed by atoms with E-state index in [1.165, 1.54) is 0 Å². The zero-order valence-electron chi connectivity index (χ0n) is 10.3. The van der Waals surface area contributed by atoms with Crippen LogP contribution in [0.1, 0.15) is 37.4 Å². The van der Waals surface area contributed by atoms with E-state index < -0.39 is 5.38 Å². The molecule has 1 atom stereocenters. The van der Waals surface area contributed by atoms with Crippen molar-refractivity contribution in [3.8, 4) is 0 Å². The molecular weight excluding hydrogens is 226 g/mol. The van der Waals surface area contributed by atoms with Crippen molar-refractivity contribution in [2.45, 2.75) is 38.6 Å². The highest BCUT2D eigenvalue weighted by Gasteiger charge is 2.24. The van der Waals surface area contributed by atoms with Crippen LogP contribution in [0.3, 0.4) is 0 Å². The number of rotatable bonds is 2. The van der Waals surface area contributed by atoms with Crippen LogP contribution >= 0.6 is 11.6 Å². The average Bonchev–Trinajstić information content (AvgIpc) is 2.41. The van der Waals surface area contributed by atoms with Gasteiger partial charge in [-0.1, -0.05) is 0 Å². The predicted octanol–water partition coefficient (Wildman–Crippen LogP) is 1.92. The first-order valence-corrected chi connectivity index (χ1v) is 5.60. The normalized spacial score (nSPS) is 13.6. The SMILES string of the molecule is Cc1nn(C)cc1C(Cl)C(=O)NC(C)(C)C. The van der Waals surface area contributed by atoms with Gasteiger partial charge in [0.05, 0.1) is 5.69 Å². The quantitative estimate of drug-likeness (QED) is 0.807. The Morgan fingerprint density at radius 3 is 2.50 bits per heavy atom. The first kappa shape index (κ1) is 13.0. The molecule has 0 saturated heterocycles.